The van der Waals surface area contributed by atoms with Crippen molar-refractivity contribution in [3.8, 4) is 0 Å². The molecule has 0 saturated heterocycles. The molecule has 4 rings (SSSR count). The summed E-state index contributed by atoms with van der Waals surface area (Å²) in [6, 6.07) is 30.0. The average Bonchev–Trinajstić information content (AvgIpc) is 3.01. The Bertz CT molecular complexity index is 1030. The molecule has 0 N–H and O–H groups in total. The molecule has 3 aromatic rings. The standard InChI is InChI=1S/C26H24N2O/c1-21-26(20-23-14-7-3-8-15-23,19-11-16-22-12-5-2-6-13-22)25(29)28(27-21)24-17-9-4-10-18-24/h2-18H,19-20H2,1H3/b16-11+/t26-/m1/s1. The minimum absolute atomic E-state index is 0.0303. The molecule has 1 heterocycles. The number of rotatable bonds is 6. The van der Waals surface area contributed by atoms with Gasteiger partial charge in [-0.2, -0.15) is 10.1 Å². The van der Waals surface area contributed by atoms with Gasteiger partial charge in [-0.05, 0) is 43.0 Å². The van der Waals surface area contributed by atoms with Crippen LogP contribution < -0.4 is 5.01 Å². The number of nitrogens with zero attached hydrogens (tertiary/aromatic N) is 2. The minimum Gasteiger partial charge on any atom is -0.271 e. The fourth-order valence-electron chi connectivity index (χ4n) is 3.81. The topological polar surface area (TPSA) is 32.7 Å². The smallest absolute Gasteiger partial charge is 0.260 e. The van der Waals surface area contributed by atoms with Crippen molar-refractivity contribution in [1.82, 2.24) is 0 Å². The molecule has 29 heavy (non-hydrogen) atoms. The predicted molar refractivity (Wildman–Crippen MR) is 120 cm³/mol. The molecule has 3 heteroatoms. The molecule has 1 aliphatic heterocycles. The molecule has 1 aliphatic rings. The number of amides is 1. The van der Waals surface area contributed by atoms with Gasteiger partial charge in [0.1, 0.15) is 0 Å². The van der Waals surface area contributed by atoms with Crippen LogP contribution in [-0.2, 0) is 11.2 Å². The van der Waals surface area contributed by atoms with Crippen molar-refractivity contribution in [2.24, 2.45) is 10.5 Å². The van der Waals surface area contributed by atoms with Gasteiger partial charge < -0.3 is 0 Å². The molecular formula is C26H24N2O. The first-order valence-electron chi connectivity index (χ1n) is 9.90. The lowest BCUT2D eigenvalue weighted by Gasteiger charge is -2.27. The summed E-state index contributed by atoms with van der Waals surface area (Å²) in [5.74, 6) is 0.0303. The van der Waals surface area contributed by atoms with E-state index < -0.39 is 5.41 Å². The van der Waals surface area contributed by atoms with E-state index in [2.05, 4.69) is 41.5 Å². The van der Waals surface area contributed by atoms with Crippen LogP contribution in [0.3, 0.4) is 0 Å². The molecular weight excluding hydrogens is 356 g/mol. The Balaban J connectivity index is 1.68. The van der Waals surface area contributed by atoms with E-state index in [1.54, 1.807) is 5.01 Å². The summed E-state index contributed by atoms with van der Waals surface area (Å²) in [5.41, 5.74) is 3.25. The largest absolute Gasteiger partial charge is 0.271 e. The van der Waals surface area contributed by atoms with Gasteiger partial charge in [-0.15, -0.1) is 0 Å². The van der Waals surface area contributed by atoms with Crippen LogP contribution in [0.1, 0.15) is 24.5 Å². The molecule has 0 aliphatic carbocycles. The maximum atomic E-state index is 13.7. The Labute approximate surface area is 172 Å². The molecule has 0 unspecified atom stereocenters. The second-order valence-electron chi connectivity index (χ2n) is 7.40. The van der Waals surface area contributed by atoms with Crippen molar-refractivity contribution in [3.05, 3.63) is 108 Å². The fourth-order valence-corrected chi connectivity index (χ4v) is 3.81. The third-order valence-corrected chi connectivity index (χ3v) is 5.47. The quantitative estimate of drug-likeness (QED) is 0.536. The number of anilines is 1. The van der Waals surface area contributed by atoms with Gasteiger partial charge >= 0.3 is 0 Å². The van der Waals surface area contributed by atoms with E-state index >= 15 is 0 Å². The number of carbonyl (C=O) groups is 1. The summed E-state index contributed by atoms with van der Waals surface area (Å²) in [7, 11) is 0. The number of benzene rings is 3. The number of allylic oxidation sites excluding steroid dienone is 1. The SMILES string of the molecule is CC1=NN(c2ccccc2)C(=O)[C@]1(C/C=C/c1ccccc1)Cc1ccccc1. The Morgan fingerprint density at radius 3 is 2.10 bits per heavy atom. The van der Waals surface area contributed by atoms with Gasteiger partial charge in [-0.25, -0.2) is 0 Å². The van der Waals surface area contributed by atoms with Crippen LogP contribution in [0.4, 0.5) is 5.69 Å². The first-order chi connectivity index (χ1) is 14.2. The Hall–Kier alpha value is -3.46. The van der Waals surface area contributed by atoms with Crippen molar-refractivity contribution in [3.63, 3.8) is 0 Å². The molecule has 0 fully saturated rings. The van der Waals surface area contributed by atoms with Crippen LogP contribution in [0.15, 0.2) is 102 Å². The van der Waals surface area contributed by atoms with Crippen LogP contribution in [0.2, 0.25) is 0 Å². The highest BCUT2D eigenvalue weighted by atomic mass is 16.2. The van der Waals surface area contributed by atoms with Crippen molar-refractivity contribution in [2.75, 3.05) is 5.01 Å². The Morgan fingerprint density at radius 2 is 1.45 bits per heavy atom. The zero-order valence-corrected chi connectivity index (χ0v) is 16.5. The van der Waals surface area contributed by atoms with E-state index in [1.165, 1.54) is 0 Å². The summed E-state index contributed by atoms with van der Waals surface area (Å²) < 4.78 is 0. The number of para-hydroxylation sites is 1. The van der Waals surface area contributed by atoms with Gasteiger partial charge in [0.2, 0.25) is 0 Å². The van der Waals surface area contributed by atoms with E-state index in [9.17, 15) is 4.79 Å². The summed E-state index contributed by atoms with van der Waals surface area (Å²) in [4.78, 5) is 13.7. The molecule has 0 saturated carbocycles. The van der Waals surface area contributed by atoms with E-state index in [4.69, 9.17) is 0 Å². The lowest BCUT2D eigenvalue weighted by atomic mass is 9.74. The second-order valence-corrected chi connectivity index (χ2v) is 7.40. The number of hydrogen-bond donors (Lipinski definition) is 0. The van der Waals surface area contributed by atoms with Gasteiger partial charge in [0.15, 0.2) is 0 Å². The summed E-state index contributed by atoms with van der Waals surface area (Å²) >= 11 is 0. The molecule has 144 valence electrons. The Morgan fingerprint density at radius 1 is 0.862 bits per heavy atom. The zero-order valence-electron chi connectivity index (χ0n) is 16.5. The highest BCUT2D eigenvalue weighted by molar-refractivity contribution is 6.18. The lowest BCUT2D eigenvalue weighted by molar-refractivity contribution is -0.123. The van der Waals surface area contributed by atoms with Crippen molar-refractivity contribution in [1.29, 1.82) is 0 Å². The summed E-state index contributed by atoms with van der Waals surface area (Å²) in [5, 5.41) is 6.25. The third kappa shape index (κ3) is 3.90. The van der Waals surface area contributed by atoms with Crippen LogP contribution in [0, 0.1) is 5.41 Å². The van der Waals surface area contributed by atoms with Crippen molar-refractivity contribution < 1.29 is 4.79 Å². The lowest BCUT2D eigenvalue weighted by Crippen LogP contribution is -2.40. The molecule has 3 aromatic carbocycles. The van der Waals surface area contributed by atoms with Gasteiger partial charge in [0.25, 0.3) is 5.91 Å². The first-order valence-corrected chi connectivity index (χ1v) is 9.90. The van der Waals surface area contributed by atoms with Crippen molar-refractivity contribution in [2.45, 2.75) is 19.8 Å². The summed E-state index contributed by atoms with van der Waals surface area (Å²) in [6.07, 6.45) is 5.42. The fraction of sp³-hybridized carbons (Fsp3) is 0.154. The first kappa shape index (κ1) is 18.9. The van der Waals surface area contributed by atoms with Crippen LogP contribution in [-0.4, -0.2) is 11.6 Å². The molecule has 0 aromatic heterocycles. The summed E-state index contributed by atoms with van der Waals surface area (Å²) in [6.45, 7) is 1.97. The monoisotopic (exact) mass is 380 g/mol. The molecule has 1 amide bonds. The van der Waals surface area contributed by atoms with E-state index in [1.807, 2.05) is 73.7 Å². The van der Waals surface area contributed by atoms with Crippen molar-refractivity contribution >= 4 is 23.4 Å². The molecule has 3 nitrogen and oxygen atoms in total. The second kappa shape index (κ2) is 8.27. The van der Waals surface area contributed by atoms with E-state index in [0.29, 0.717) is 12.8 Å². The maximum absolute atomic E-state index is 13.7. The Kier molecular flexibility index (Phi) is 5.39. The van der Waals surface area contributed by atoms with Gasteiger partial charge in [0.05, 0.1) is 16.8 Å². The molecule has 0 radical (unpaired) electrons. The number of hydrogen-bond acceptors (Lipinski definition) is 2. The predicted octanol–water partition coefficient (Wildman–Crippen LogP) is 5.74. The highest BCUT2D eigenvalue weighted by Crippen LogP contribution is 2.39. The molecule has 0 spiro atoms. The van der Waals surface area contributed by atoms with Crippen LogP contribution >= 0.6 is 0 Å². The molecule has 0 bridgehead atoms. The number of hydrazone groups is 1. The van der Waals surface area contributed by atoms with Crippen LogP contribution in [0.25, 0.3) is 6.08 Å². The zero-order chi connectivity index (χ0) is 20.1. The molecule has 1 atom stereocenters. The average molecular weight is 380 g/mol. The highest BCUT2D eigenvalue weighted by Gasteiger charge is 2.48. The third-order valence-electron chi connectivity index (χ3n) is 5.47. The van der Waals surface area contributed by atoms with Gasteiger partial charge in [-0.1, -0.05) is 91.0 Å². The van der Waals surface area contributed by atoms with Gasteiger partial charge in [-0.3, -0.25) is 4.79 Å². The van der Waals surface area contributed by atoms with E-state index in [0.717, 1.165) is 22.5 Å². The van der Waals surface area contributed by atoms with Crippen LogP contribution in [0.5, 0.6) is 0 Å². The normalized spacial score (nSPS) is 19.0. The van der Waals surface area contributed by atoms with E-state index in [-0.39, 0.29) is 5.91 Å². The minimum atomic E-state index is -0.678. The maximum Gasteiger partial charge on any atom is 0.260 e. The van der Waals surface area contributed by atoms with Gasteiger partial charge in [0, 0.05) is 0 Å². The number of carbonyl (C=O) groups excluding carboxylic acids is 1.